The van der Waals surface area contributed by atoms with Crippen molar-refractivity contribution in [1.82, 2.24) is 0 Å². The van der Waals surface area contributed by atoms with Crippen molar-refractivity contribution >= 4 is 0 Å². The average molecular weight is 282 g/mol. The maximum absolute atomic E-state index is 10.3. The second-order valence-corrected chi connectivity index (χ2v) is 5.81. The lowest BCUT2D eigenvalue weighted by Crippen LogP contribution is -2.04. The molecule has 110 valence electrons. The summed E-state index contributed by atoms with van der Waals surface area (Å²) in [6.45, 7) is 0. The molecule has 1 aliphatic carbocycles. The molecule has 1 N–H and O–H groups in total. The SMILES string of the molecule is COc1ccccc1-c1cc(C2CCCCC2)ccc1O. The molecule has 0 atom stereocenters. The van der Waals surface area contributed by atoms with Gasteiger partial charge in [-0.3, -0.25) is 0 Å². The van der Waals surface area contributed by atoms with Gasteiger partial charge < -0.3 is 9.84 Å². The van der Waals surface area contributed by atoms with Gasteiger partial charge in [0.15, 0.2) is 0 Å². The number of methoxy groups -OCH3 is 1. The molecule has 0 aromatic heterocycles. The summed E-state index contributed by atoms with van der Waals surface area (Å²) in [6, 6.07) is 13.9. The first-order valence-corrected chi connectivity index (χ1v) is 7.76. The number of aromatic hydroxyl groups is 1. The van der Waals surface area contributed by atoms with Crippen LogP contribution in [0.1, 0.15) is 43.6 Å². The first kappa shape index (κ1) is 14.0. The van der Waals surface area contributed by atoms with Crippen LogP contribution in [0, 0.1) is 0 Å². The van der Waals surface area contributed by atoms with Gasteiger partial charge in [0, 0.05) is 11.1 Å². The minimum absolute atomic E-state index is 0.319. The lowest BCUT2D eigenvalue weighted by Gasteiger charge is -2.23. The van der Waals surface area contributed by atoms with E-state index < -0.39 is 0 Å². The molecule has 0 radical (unpaired) electrons. The molecule has 1 saturated carbocycles. The average Bonchev–Trinajstić information content (AvgIpc) is 2.56. The molecule has 0 saturated heterocycles. The van der Waals surface area contributed by atoms with Gasteiger partial charge in [-0.1, -0.05) is 43.5 Å². The number of rotatable bonds is 3. The van der Waals surface area contributed by atoms with Crippen LogP contribution >= 0.6 is 0 Å². The van der Waals surface area contributed by atoms with E-state index >= 15 is 0 Å². The Morgan fingerprint density at radius 1 is 0.952 bits per heavy atom. The third-order valence-electron chi connectivity index (χ3n) is 4.49. The van der Waals surface area contributed by atoms with E-state index in [1.54, 1.807) is 7.11 Å². The molecule has 2 aromatic rings. The molecule has 2 nitrogen and oxygen atoms in total. The van der Waals surface area contributed by atoms with Crippen molar-refractivity contribution in [3.63, 3.8) is 0 Å². The Morgan fingerprint density at radius 3 is 2.48 bits per heavy atom. The van der Waals surface area contributed by atoms with E-state index in [4.69, 9.17) is 4.74 Å². The zero-order valence-corrected chi connectivity index (χ0v) is 12.5. The molecule has 0 heterocycles. The predicted octanol–water partition coefficient (Wildman–Crippen LogP) is 5.12. The number of benzene rings is 2. The van der Waals surface area contributed by atoms with Gasteiger partial charge >= 0.3 is 0 Å². The highest BCUT2D eigenvalue weighted by Crippen LogP contribution is 2.40. The minimum Gasteiger partial charge on any atom is -0.507 e. The van der Waals surface area contributed by atoms with Crippen LogP contribution in [0.3, 0.4) is 0 Å². The molecule has 0 unspecified atom stereocenters. The van der Waals surface area contributed by atoms with E-state index in [0.29, 0.717) is 11.7 Å². The Hall–Kier alpha value is -1.96. The monoisotopic (exact) mass is 282 g/mol. The summed E-state index contributed by atoms with van der Waals surface area (Å²) in [5.74, 6) is 1.75. The summed E-state index contributed by atoms with van der Waals surface area (Å²) in [5, 5.41) is 10.3. The molecule has 1 aliphatic rings. The van der Waals surface area contributed by atoms with Crippen molar-refractivity contribution < 1.29 is 9.84 Å². The molecule has 0 amide bonds. The Bertz CT molecular complexity index is 613. The lowest BCUT2D eigenvalue weighted by atomic mass is 9.83. The van der Waals surface area contributed by atoms with Crippen LogP contribution in [-0.2, 0) is 0 Å². The van der Waals surface area contributed by atoms with Gasteiger partial charge in [0.05, 0.1) is 7.11 Å². The van der Waals surface area contributed by atoms with Gasteiger partial charge in [-0.15, -0.1) is 0 Å². The van der Waals surface area contributed by atoms with Gasteiger partial charge in [0.25, 0.3) is 0 Å². The number of hydrogen-bond acceptors (Lipinski definition) is 2. The predicted molar refractivity (Wildman–Crippen MR) is 85.9 cm³/mol. The normalized spacial score (nSPS) is 15.9. The maximum atomic E-state index is 10.3. The summed E-state index contributed by atoms with van der Waals surface area (Å²) in [4.78, 5) is 0. The first-order valence-electron chi connectivity index (χ1n) is 7.76. The van der Waals surface area contributed by atoms with E-state index in [0.717, 1.165) is 16.9 Å². The van der Waals surface area contributed by atoms with Gasteiger partial charge in [-0.25, -0.2) is 0 Å². The van der Waals surface area contributed by atoms with E-state index in [9.17, 15) is 5.11 Å². The molecular formula is C19H22O2. The third-order valence-corrected chi connectivity index (χ3v) is 4.49. The Kier molecular flexibility index (Phi) is 4.14. The van der Waals surface area contributed by atoms with E-state index in [1.807, 2.05) is 30.3 Å². The maximum Gasteiger partial charge on any atom is 0.126 e. The highest BCUT2D eigenvalue weighted by molar-refractivity contribution is 5.76. The van der Waals surface area contributed by atoms with Crippen molar-refractivity contribution in [2.75, 3.05) is 7.11 Å². The minimum atomic E-state index is 0.319. The quantitative estimate of drug-likeness (QED) is 0.847. The van der Waals surface area contributed by atoms with Crippen molar-refractivity contribution in [3.8, 4) is 22.6 Å². The molecule has 0 bridgehead atoms. The summed E-state index contributed by atoms with van der Waals surface area (Å²) in [5.41, 5.74) is 3.17. The number of ether oxygens (including phenoxy) is 1. The van der Waals surface area contributed by atoms with Crippen LogP contribution in [0.5, 0.6) is 11.5 Å². The zero-order valence-electron chi connectivity index (χ0n) is 12.5. The molecule has 1 fully saturated rings. The molecule has 2 aromatic carbocycles. The second kappa shape index (κ2) is 6.21. The summed E-state index contributed by atoms with van der Waals surface area (Å²) in [7, 11) is 1.67. The Balaban J connectivity index is 2.01. The third kappa shape index (κ3) is 2.90. The van der Waals surface area contributed by atoms with Crippen LogP contribution in [0.15, 0.2) is 42.5 Å². The largest absolute Gasteiger partial charge is 0.507 e. The van der Waals surface area contributed by atoms with Gasteiger partial charge in [0.1, 0.15) is 11.5 Å². The molecule has 0 spiro atoms. The van der Waals surface area contributed by atoms with Crippen molar-refractivity contribution in [2.24, 2.45) is 0 Å². The number of hydrogen-bond donors (Lipinski definition) is 1. The number of phenolic OH excluding ortho intramolecular Hbond substituents is 1. The van der Waals surface area contributed by atoms with Crippen LogP contribution in [-0.4, -0.2) is 12.2 Å². The highest BCUT2D eigenvalue weighted by Gasteiger charge is 2.18. The fourth-order valence-corrected chi connectivity index (χ4v) is 3.33. The molecule has 0 aliphatic heterocycles. The molecule has 21 heavy (non-hydrogen) atoms. The van der Waals surface area contributed by atoms with E-state index in [-0.39, 0.29) is 0 Å². The lowest BCUT2D eigenvalue weighted by molar-refractivity contribution is 0.415. The van der Waals surface area contributed by atoms with Gasteiger partial charge in [-0.2, -0.15) is 0 Å². The molecular weight excluding hydrogens is 260 g/mol. The van der Waals surface area contributed by atoms with Gasteiger partial charge in [-0.05, 0) is 42.5 Å². The summed E-state index contributed by atoms with van der Waals surface area (Å²) < 4.78 is 5.43. The van der Waals surface area contributed by atoms with Crippen molar-refractivity contribution in [1.29, 1.82) is 0 Å². The molecule has 3 rings (SSSR count). The van der Waals surface area contributed by atoms with Crippen molar-refractivity contribution in [2.45, 2.75) is 38.0 Å². The molecule has 2 heteroatoms. The fourth-order valence-electron chi connectivity index (χ4n) is 3.33. The fraction of sp³-hybridized carbons (Fsp3) is 0.368. The highest BCUT2D eigenvalue weighted by atomic mass is 16.5. The van der Waals surface area contributed by atoms with E-state index in [2.05, 4.69) is 12.1 Å². The van der Waals surface area contributed by atoms with Crippen LogP contribution in [0.4, 0.5) is 0 Å². The van der Waals surface area contributed by atoms with Crippen LogP contribution < -0.4 is 4.74 Å². The summed E-state index contributed by atoms with van der Waals surface area (Å²) >= 11 is 0. The van der Waals surface area contributed by atoms with Gasteiger partial charge in [0.2, 0.25) is 0 Å². The topological polar surface area (TPSA) is 29.5 Å². The van der Waals surface area contributed by atoms with Crippen LogP contribution in [0.25, 0.3) is 11.1 Å². The summed E-state index contributed by atoms with van der Waals surface area (Å²) in [6.07, 6.45) is 6.51. The van der Waals surface area contributed by atoms with Crippen LogP contribution in [0.2, 0.25) is 0 Å². The number of phenols is 1. The second-order valence-electron chi connectivity index (χ2n) is 5.81. The van der Waals surface area contributed by atoms with Crippen molar-refractivity contribution in [3.05, 3.63) is 48.0 Å². The standard InChI is InChI=1S/C19H22O2/c1-21-19-10-6-5-9-16(19)17-13-15(11-12-18(17)20)14-7-3-2-4-8-14/h5-6,9-14,20H,2-4,7-8H2,1H3. The first-order chi connectivity index (χ1) is 10.3. The Labute approximate surface area is 126 Å². The number of para-hydroxylation sites is 1. The zero-order chi connectivity index (χ0) is 14.7. The Morgan fingerprint density at radius 2 is 1.71 bits per heavy atom. The van der Waals surface area contributed by atoms with E-state index in [1.165, 1.54) is 37.7 Å². The smallest absolute Gasteiger partial charge is 0.126 e.